The largest absolute Gasteiger partial charge is 0.496 e. The van der Waals surface area contributed by atoms with E-state index in [9.17, 15) is 4.79 Å². The van der Waals surface area contributed by atoms with Crippen molar-refractivity contribution in [1.82, 2.24) is 4.98 Å². The summed E-state index contributed by atoms with van der Waals surface area (Å²) in [4.78, 5) is 16.6. The summed E-state index contributed by atoms with van der Waals surface area (Å²) >= 11 is 1.55. The van der Waals surface area contributed by atoms with Crippen molar-refractivity contribution in [3.05, 3.63) is 75.7 Å². The lowest BCUT2D eigenvalue weighted by Gasteiger charge is -2.12. The van der Waals surface area contributed by atoms with Gasteiger partial charge in [-0.05, 0) is 30.7 Å². The van der Waals surface area contributed by atoms with Crippen molar-refractivity contribution in [2.24, 2.45) is 0 Å². The molecule has 0 bridgehead atoms. The number of methoxy groups -OCH3 is 1. The van der Waals surface area contributed by atoms with E-state index < -0.39 is 0 Å². The molecule has 128 valence electrons. The molecule has 0 radical (unpaired) electrons. The Labute approximate surface area is 151 Å². The summed E-state index contributed by atoms with van der Waals surface area (Å²) in [5.41, 5.74) is 3.81. The predicted molar refractivity (Wildman–Crippen MR) is 101 cm³/mol. The number of thiazole rings is 1. The van der Waals surface area contributed by atoms with Gasteiger partial charge in [-0.1, -0.05) is 30.3 Å². The fourth-order valence-corrected chi connectivity index (χ4v) is 3.28. The number of rotatable bonds is 6. The molecule has 5 heteroatoms. The van der Waals surface area contributed by atoms with Crippen molar-refractivity contribution in [3.8, 4) is 5.75 Å². The van der Waals surface area contributed by atoms with Crippen LogP contribution in [-0.4, -0.2) is 18.0 Å². The van der Waals surface area contributed by atoms with Crippen LogP contribution in [0, 0.1) is 6.92 Å². The Bertz CT molecular complexity index is 859. The van der Waals surface area contributed by atoms with E-state index in [1.165, 1.54) is 5.56 Å². The Balaban J connectivity index is 1.73. The molecule has 1 heterocycles. The summed E-state index contributed by atoms with van der Waals surface area (Å²) < 4.78 is 5.45. The molecule has 1 amide bonds. The smallest absolute Gasteiger partial charge is 0.230 e. The first kappa shape index (κ1) is 17.2. The molecule has 2 aromatic carbocycles. The van der Waals surface area contributed by atoms with Gasteiger partial charge in [0.15, 0.2) is 0 Å². The first-order valence-electron chi connectivity index (χ1n) is 8.06. The van der Waals surface area contributed by atoms with Crippen LogP contribution in [-0.2, 0) is 17.6 Å². The number of hydrogen-bond acceptors (Lipinski definition) is 4. The van der Waals surface area contributed by atoms with Crippen molar-refractivity contribution in [3.63, 3.8) is 0 Å². The number of amides is 1. The van der Waals surface area contributed by atoms with Crippen molar-refractivity contribution in [2.45, 2.75) is 19.8 Å². The second-order valence-corrected chi connectivity index (χ2v) is 6.83. The summed E-state index contributed by atoms with van der Waals surface area (Å²) in [5.74, 6) is 0.748. The monoisotopic (exact) mass is 352 g/mol. The van der Waals surface area contributed by atoms with Crippen LogP contribution >= 0.6 is 11.3 Å². The molecule has 1 N–H and O–H groups in total. The van der Waals surface area contributed by atoms with E-state index in [-0.39, 0.29) is 12.3 Å². The highest BCUT2D eigenvalue weighted by Crippen LogP contribution is 2.25. The third kappa shape index (κ3) is 4.67. The molecule has 3 rings (SSSR count). The van der Waals surface area contributed by atoms with Gasteiger partial charge in [0.1, 0.15) is 5.75 Å². The lowest BCUT2D eigenvalue weighted by molar-refractivity contribution is -0.115. The van der Waals surface area contributed by atoms with Crippen molar-refractivity contribution < 1.29 is 9.53 Å². The van der Waals surface area contributed by atoms with E-state index in [0.717, 1.165) is 34.1 Å². The topological polar surface area (TPSA) is 51.2 Å². The standard InChI is InChI=1S/C20H20N2O2S/c1-14-21-18(13-25-14)12-20(23)22-17-8-9-19(24-2)16(11-17)10-15-6-4-3-5-7-15/h3-9,11,13H,10,12H2,1-2H3,(H,22,23). The van der Waals surface area contributed by atoms with Crippen LogP contribution in [0.3, 0.4) is 0 Å². The van der Waals surface area contributed by atoms with E-state index in [4.69, 9.17) is 4.74 Å². The molecule has 0 aliphatic rings. The molecule has 1 aromatic heterocycles. The molecular formula is C20H20N2O2S. The maximum Gasteiger partial charge on any atom is 0.230 e. The zero-order valence-corrected chi connectivity index (χ0v) is 15.1. The Morgan fingerprint density at radius 1 is 1.20 bits per heavy atom. The molecule has 4 nitrogen and oxygen atoms in total. The molecule has 0 saturated carbocycles. The number of aryl methyl sites for hydroxylation is 1. The minimum atomic E-state index is -0.0684. The van der Waals surface area contributed by atoms with Gasteiger partial charge in [0.05, 0.1) is 24.2 Å². The van der Waals surface area contributed by atoms with Gasteiger partial charge < -0.3 is 10.1 Å². The summed E-state index contributed by atoms with van der Waals surface area (Å²) in [6.45, 7) is 1.94. The van der Waals surface area contributed by atoms with Gasteiger partial charge in [-0.15, -0.1) is 11.3 Å². The number of anilines is 1. The highest BCUT2D eigenvalue weighted by Gasteiger charge is 2.10. The van der Waals surface area contributed by atoms with Gasteiger partial charge in [-0.25, -0.2) is 4.98 Å². The number of ether oxygens (including phenoxy) is 1. The second kappa shape index (κ2) is 7.94. The highest BCUT2D eigenvalue weighted by molar-refractivity contribution is 7.09. The summed E-state index contributed by atoms with van der Waals surface area (Å²) in [6, 6.07) is 15.9. The van der Waals surface area contributed by atoms with Crippen LogP contribution in [0.5, 0.6) is 5.75 Å². The summed E-state index contributed by atoms with van der Waals surface area (Å²) in [6.07, 6.45) is 1.03. The summed E-state index contributed by atoms with van der Waals surface area (Å²) in [7, 11) is 1.66. The average Bonchev–Trinajstić information content (AvgIpc) is 3.01. The van der Waals surface area contributed by atoms with Crippen molar-refractivity contribution in [2.75, 3.05) is 12.4 Å². The van der Waals surface area contributed by atoms with Crippen LogP contribution in [0.2, 0.25) is 0 Å². The molecule has 0 atom stereocenters. The fourth-order valence-electron chi connectivity index (χ4n) is 2.67. The average molecular weight is 352 g/mol. The number of benzene rings is 2. The maximum atomic E-state index is 12.2. The van der Waals surface area contributed by atoms with Crippen LogP contribution in [0.25, 0.3) is 0 Å². The van der Waals surface area contributed by atoms with Gasteiger partial charge >= 0.3 is 0 Å². The van der Waals surface area contributed by atoms with E-state index in [1.54, 1.807) is 18.4 Å². The predicted octanol–water partition coefficient (Wildman–Crippen LogP) is 4.23. The minimum absolute atomic E-state index is 0.0684. The molecular weight excluding hydrogens is 332 g/mol. The molecule has 0 saturated heterocycles. The van der Waals surface area contributed by atoms with Gasteiger partial charge in [0, 0.05) is 23.1 Å². The zero-order valence-electron chi connectivity index (χ0n) is 14.3. The highest BCUT2D eigenvalue weighted by atomic mass is 32.1. The number of hydrogen-bond donors (Lipinski definition) is 1. The lowest BCUT2D eigenvalue weighted by atomic mass is 10.0. The molecule has 0 aliphatic carbocycles. The Morgan fingerprint density at radius 2 is 2.00 bits per heavy atom. The van der Waals surface area contributed by atoms with Crippen LogP contribution in [0.4, 0.5) is 5.69 Å². The molecule has 3 aromatic rings. The maximum absolute atomic E-state index is 12.2. The number of aromatic nitrogens is 1. The first-order valence-corrected chi connectivity index (χ1v) is 8.93. The van der Waals surface area contributed by atoms with Crippen molar-refractivity contribution >= 4 is 22.9 Å². The van der Waals surface area contributed by atoms with E-state index >= 15 is 0 Å². The molecule has 25 heavy (non-hydrogen) atoms. The van der Waals surface area contributed by atoms with Gasteiger partial charge in [0.25, 0.3) is 0 Å². The normalized spacial score (nSPS) is 10.5. The number of nitrogens with one attached hydrogen (secondary N) is 1. The van der Waals surface area contributed by atoms with Crippen LogP contribution in [0.1, 0.15) is 21.8 Å². The fraction of sp³-hybridized carbons (Fsp3) is 0.200. The number of carbonyl (C=O) groups excluding carboxylic acids is 1. The number of nitrogens with zero attached hydrogens (tertiary/aromatic N) is 1. The second-order valence-electron chi connectivity index (χ2n) is 5.77. The van der Waals surface area contributed by atoms with E-state index in [2.05, 4.69) is 22.4 Å². The van der Waals surface area contributed by atoms with Gasteiger partial charge in [0.2, 0.25) is 5.91 Å². The molecule has 0 spiro atoms. The van der Waals surface area contributed by atoms with Crippen molar-refractivity contribution in [1.29, 1.82) is 0 Å². The van der Waals surface area contributed by atoms with Crippen LogP contribution < -0.4 is 10.1 Å². The zero-order chi connectivity index (χ0) is 17.6. The van der Waals surface area contributed by atoms with E-state index in [1.807, 2.05) is 48.7 Å². The van der Waals surface area contributed by atoms with Crippen LogP contribution in [0.15, 0.2) is 53.9 Å². The van der Waals surface area contributed by atoms with E-state index in [0.29, 0.717) is 0 Å². The molecule has 0 fully saturated rings. The minimum Gasteiger partial charge on any atom is -0.496 e. The van der Waals surface area contributed by atoms with Gasteiger partial charge in [-0.3, -0.25) is 4.79 Å². The third-order valence-electron chi connectivity index (χ3n) is 3.81. The quantitative estimate of drug-likeness (QED) is 0.722. The Hall–Kier alpha value is -2.66. The molecule has 0 aliphatic heterocycles. The summed E-state index contributed by atoms with van der Waals surface area (Å²) in [5, 5.41) is 5.84. The third-order valence-corrected chi connectivity index (χ3v) is 4.63. The first-order chi connectivity index (χ1) is 12.1. The number of carbonyl (C=O) groups is 1. The molecule has 0 unspecified atom stereocenters. The SMILES string of the molecule is COc1ccc(NC(=O)Cc2csc(C)n2)cc1Cc1ccccc1. The lowest BCUT2D eigenvalue weighted by Crippen LogP contribution is -2.14. The Morgan fingerprint density at radius 3 is 2.68 bits per heavy atom. The van der Waals surface area contributed by atoms with Gasteiger partial charge in [-0.2, -0.15) is 0 Å². The Kier molecular flexibility index (Phi) is 5.46.